The van der Waals surface area contributed by atoms with Crippen molar-refractivity contribution in [2.45, 2.75) is 19.4 Å². The number of aromatic hydroxyl groups is 1. The van der Waals surface area contributed by atoms with Gasteiger partial charge < -0.3 is 20.3 Å². The summed E-state index contributed by atoms with van der Waals surface area (Å²) in [5.74, 6) is -1.57. The molecule has 0 saturated carbocycles. The largest absolute Gasteiger partial charge is 0.506 e. The third kappa shape index (κ3) is 2.85. The number of carboxylic acids is 1. The van der Waals surface area contributed by atoms with E-state index in [-0.39, 0.29) is 28.8 Å². The number of ether oxygens (including phenoxy) is 1. The summed E-state index contributed by atoms with van der Waals surface area (Å²) >= 11 is 0. The van der Waals surface area contributed by atoms with Crippen LogP contribution in [-0.2, 0) is 9.53 Å². The van der Waals surface area contributed by atoms with Gasteiger partial charge in [0.25, 0.3) is 5.91 Å². The van der Waals surface area contributed by atoms with Gasteiger partial charge in [-0.3, -0.25) is 4.79 Å². The highest BCUT2D eigenvalue weighted by Gasteiger charge is 2.31. The lowest BCUT2D eigenvalue weighted by molar-refractivity contribution is -0.126. The number of rotatable bonds is 3. The van der Waals surface area contributed by atoms with E-state index >= 15 is 0 Å². The minimum absolute atomic E-state index is 0.00603. The molecule has 2 unspecified atom stereocenters. The molecule has 2 atom stereocenters. The number of phenolic OH excluding ortho intramolecular Hbond substituents is 1. The van der Waals surface area contributed by atoms with Crippen molar-refractivity contribution in [3.05, 3.63) is 23.8 Å². The first-order valence-electron chi connectivity index (χ1n) is 5.98. The molecule has 1 fully saturated rings. The number of phenols is 1. The number of anilines is 1. The Morgan fingerprint density at radius 2 is 2.16 bits per heavy atom. The smallest absolute Gasteiger partial charge is 0.335 e. The maximum Gasteiger partial charge on any atom is 0.335 e. The summed E-state index contributed by atoms with van der Waals surface area (Å²) in [5.41, 5.74) is 0.0705. The maximum absolute atomic E-state index is 12.0. The molecule has 0 aliphatic carbocycles. The molecule has 0 radical (unpaired) electrons. The van der Waals surface area contributed by atoms with Gasteiger partial charge in [-0.25, -0.2) is 4.79 Å². The molecule has 1 heterocycles. The minimum Gasteiger partial charge on any atom is -0.506 e. The Morgan fingerprint density at radius 1 is 1.42 bits per heavy atom. The normalized spacial score (nSPS) is 22.2. The summed E-state index contributed by atoms with van der Waals surface area (Å²) in [7, 11) is 0. The highest BCUT2D eigenvalue weighted by molar-refractivity contribution is 5.97. The van der Waals surface area contributed by atoms with E-state index in [1.807, 2.05) is 6.92 Å². The summed E-state index contributed by atoms with van der Waals surface area (Å²) < 4.78 is 5.31. The summed E-state index contributed by atoms with van der Waals surface area (Å²) in [5, 5.41) is 21.0. The molecule has 3 N–H and O–H groups in total. The number of amides is 1. The standard InChI is InChI=1S/C13H15NO5/c1-7-4-5-19-11(7)12(16)14-9-6-8(13(17)18)2-3-10(9)15/h2-3,6-7,11,15H,4-5H2,1H3,(H,14,16)(H,17,18). The molecule has 0 spiro atoms. The first kappa shape index (κ1) is 13.4. The van der Waals surface area contributed by atoms with E-state index in [0.717, 1.165) is 6.42 Å². The van der Waals surface area contributed by atoms with Crippen molar-refractivity contribution >= 4 is 17.6 Å². The van der Waals surface area contributed by atoms with E-state index in [1.165, 1.54) is 18.2 Å². The number of hydrogen-bond acceptors (Lipinski definition) is 4. The lowest BCUT2D eigenvalue weighted by Gasteiger charge is -2.15. The fourth-order valence-electron chi connectivity index (χ4n) is 2.00. The molecule has 0 aromatic heterocycles. The van der Waals surface area contributed by atoms with E-state index in [1.54, 1.807) is 0 Å². The second-order valence-corrected chi connectivity index (χ2v) is 4.58. The predicted molar refractivity (Wildman–Crippen MR) is 67.2 cm³/mol. The van der Waals surface area contributed by atoms with Crippen LogP contribution < -0.4 is 5.32 Å². The van der Waals surface area contributed by atoms with E-state index in [0.29, 0.717) is 6.61 Å². The zero-order valence-electron chi connectivity index (χ0n) is 10.4. The first-order valence-corrected chi connectivity index (χ1v) is 5.98. The third-order valence-corrected chi connectivity index (χ3v) is 3.15. The van der Waals surface area contributed by atoms with Crippen LogP contribution >= 0.6 is 0 Å². The second-order valence-electron chi connectivity index (χ2n) is 4.58. The molecule has 1 aromatic carbocycles. The molecule has 1 aliphatic rings. The fourth-order valence-corrected chi connectivity index (χ4v) is 2.00. The molecular formula is C13H15NO5. The van der Waals surface area contributed by atoms with Crippen LogP contribution in [0.4, 0.5) is 5.69 Å². The average molecular weight is 265 g/mol. The van der Waals surface area contributed by atoms with Gasteiger partial charge >= 0.3 is 5.97 Å². The highest BCUT2D eigenvalue weighted by atomic mass is 16.5. The Balaban J connectivity index is 2.16. The van der Waals surface area contributed by atoms with Crippen LogP contribution in [0.2, 0.25) is 0 Å². The van der Waals surface area contributed by atoms with Crippen molar-refractivity contribution in [1.29, 1.82) is 0 Å². The zero-order chi connectivity index (χ0) is 14.0. The van der Waals surface area contributed by atoms with Crippen molar-refractivity contribution in [3.8, 4) is 5.75 Å². The minimum atomic E-state index is -1.12. The molecule has 0 bridgehead atoms. The monoisotopic (exact) mass is 265 g/mol. The first-order chi connectivity index (χ1) is 8.99. The van der Waals surface area contributed by atoms with Gasteiger partial charge in [0, 0.05) is 6.61 Å². The van der Waals surface area contributed by atoms with Gasteiger partial charge in [0.2, 0.25) is 0 Å². The Hall–Kier alpha value is -2.08. The number of carbonyl (C=O) groups excluding carboxylic acids is 1. The molecule has 19 heavy (non-hydrogen) atoms. The van der Waals surface area contributed by atoms with Crippen molar-refractivity contribution in [3.63, 3.8) is 0 Å². The second kappa shape index (κ2) is 5.27. The summed E-state index contributed by atoms with van der Waals surface area (Å²) in [4.78, 5) is 22.8. The molecule has 102 valence electrons. The Bertz CT molecular complexity index is 514. The lowest BCUT2D eigenvalue weighted by atomic mass is 10.0. The topological polar surface area (TPSA) is 95.9 Å². The van der Waals surface area contributed by atoms with Gasteiger partial charge in [-0.2, -0.15) is 0 Å². The summed E-state index contributed by atoms with van der Waals surface area (Å²) in [6.45, 7) is 2.44. The van der Waals surface area contributed by atoms with Gasteiger partial charge in [0.15, 0.2) is 0 Å². The summed E-state index contributed by atoms with van der Waals surface area (Å²) in [6, 6.07) is 3.72. The van der Waals surface area contributed by atoms with Crippen LogP contribution in [-0.4, -0.2) is 34.8 Å². The quantitative estimate of drug-likeness (QED) is 0.719. The van der Waals surface area contributed by atoms with Crippen LogP contribution in [0.15, 0.2) is 18.2 Å². The molecular weight excluding hydrogens is 250 g/mol. The van der Waals surface area contributed by atoms with E-state index in [9.17, 15) is 14.7 Å². The van der Waals surface area contributed by atoms with Gasteiger partial charge in [-0.05, 0) is 30.5 Å². The van der Waals surface area contributed by atoms with Crippen LogP contribution in [0.25, 0.3) is 0 Å². The molecule has 6 heteroatoms. The molecule has 1 saturated heterocycles. The van der Waals surface area contributed by atoms with E-state index < -0.39 is 12.1 Å². The number of aromatic carboxylic acids is 1. The van der Waals surface area contributed by atoms with Crippen molar-refractivity contribution in [2.75, 3.05) is 11.9 Å². The maximum atomic E-state index is 12.0. The Morgan fingerprint density at radius 3 is 2.74 bits per heavy atom. The number of hydrogen-bond donors (Lipinski definition) is 3. The molecule has 2 rings (SSSR count). The van der Waals surface area contributed by atoms with Crippen molar-refractivity contribution in [1.82, 2.24) is 0 Å². The van der Waals surface area contributed by atoms with Crippen LogP contribution in [0.1, 0.15) is 23.7 Å². The fraction of sp³-hybridized carbons (Fsp3) is 0.385. The van der Waals surface area contributed by atoms with Crippen molar-refractivity contribution < 1.29 is 24.5 Å². The number of carbonyl (C=O) groups is 2. The van der Waals surface area contributed by atoms with Gasteiger partial charge in [-0.1, -0.05) is 6.92 Å². The average Bonchev–Trinajstić information content (AvgIpc) is 2.78. The van der Waals surface area contributed by atoms with Gasteiger partial charge in [0.1, 0.15) is 11.9 Å². The van der Waals surface area contributed by atoms with Crippen LogP contribution in [0.3, 0.4) is 0 Å². The van der Waals surface area contributed by atoms with E-state index in [4.69, 9.17) is 9.84 Å². The van der Waals surface area contributed by atoms with Crippen LogP contribution in [0.5, 0.6) is 5.75 Å². The third-order valence-electron chi connectivity index (χ3n) is 3.15. The summed E-state index contributed by atoms with van der Waals surface area (Å²) in [6.07, 6.45) is 0.243. The predicted octanol–water partition coefficient (Wildman–Crippen LogP) is 1.45. The zero-order valence-corrected chi connectivity index (χ0v) is 10.4. The Kier molecular flexibility index (Phi) is 3.71. The van der Waals surface area contributed by atoms with Gasteiger partial charge in [0.05, 0.1) is 11.3 Å². The molecule has 1 aromatic rings. The van der Waals surface area contributed by atoms with Crippen molar-refractivity contribution in [2.24, 2.45) is 5.92 Å². The number of nitrogens with one attached hydrogen (secondary N) is 1. The number of carboxylic acid groups (broad SMARTS) is 1. The molecule has 1 aliphatic heterocycles. The van der Waals surface area contributed by atoms with E-state index in [2.05, 4.69) is 5.32 Å². The lowest BCUT2D eigenvalue weighted by Crippen LogP contribution is -2.31. The van der Waals surface area contributed by atoms with Crippen LogP contribution in [0, 0.1) is 5.92 Å². The molecule has 6 nitrogen and oxygen atoms in total. The Labute approximate surface area is 110 Å². The number of benzene rings is 1. The molecule has 1 amide bonds. The highest BCUT2D eigenvalue weighted by Crippen LogP contribution is 2.27. The SMILES string of the molecule is CC1CCOC1C(=O)Nc1cc(C(=O)O)ccc1O. The van der Waals surface area contributed by atoms with Gasteiger partial charge in [-0.15, -0.1) is 0 Å².